The van der Waals surface area contributed by atoms with Gasteiger partial charge in [0.25, 0.3) is 0 Å². The summed E-state index contributed by atoms with van der Waals surface area (Å²) in [4.78, 5) is 20.2. The molecule has 0 aliphatic heterocycles. The molecule has 52 heavy (non-hydrogen) atoms. The third kappa shape index (κ3) is 5.43. The van der Waals surface area contributed by atoms with Crippen LogP contribution in [0, 0.1) is 0 Å². The van der Waals surface area contributed by atoms with Crippen LogP contribution < -0.4 is 0 Å². The van der Waals surface area contributed by atoms with Crippen molar-refractivity contribution < 1.29 is 4.42 Å². The van der Waals surface area contributed by atoms with Crippen LogP contribution >= 0.6 is 11.3 Å². The Hall–Kier alpha value is -6.76. The fourth-order valence-electron chi connectivity index (χ4n) is 6.78. The molecule has 3 heterocycles. The maximum absolute atomic E-state index is 6.48. The van der Waals surface area contributed by atoms with Crippen molar-refractivity contribution in [2.75, 3.05) is 0 Å². The summed E-state index contributed by atoms with van der Waals surface area (Å²) < 4.78 is 7.57. The van der Waals surface area contributed by atoms with Gasteiger partial charge >= 0.3 is 0 Å². The van der Waals surface area contributed by atoms with E-state index in [0.29, 0.717) is 17.5 Å². The van der Waals surface area contributed by atoms with Gasteiger partial charge in [0.2, 0.25) is 0 Å². The van der Waals surface area contributed by atoms with Crippen molar-refractivity contribution >= 4 is 43.5 Å². The van der Waals surface area contributed by atoms with Gasteiger partial charge in [-0.15, -0.1) is 11.3 Å². The van der Waals surface area contributed by atoms with Crippen molar-refractivity contribution in [2.45, 2.75) is 0 Å². The van der Waals surface area contributed by atoms with Crippen LogP contribution in [-0.2, 0) is 0 Å². The van der Waals surface area contributed by atoms with Crippen LogP contribution in [0.15, 0.2) is 174 Å². The first kappa shape index (κ1) is 30.1. The van der Waals surface area contributed by atoms with Crippen molar-refractivity contribution in [3.63, 3.8) is 0 Å². The summed E-state index contributed by atoms with van der Waals surface area (Å²) in [6.07, 6.45) is 0. The van der Waals surface area contributed by atoms with Crippen molar-refractivity contribution in [1.82, 2.24) is 19.9 Å². The zero-order valence-corrected chi connectivity index (χ0v) is 28.6. The van der Waals surface area contributed by atoms with E-state index in [-0.39, 0.29) is 0 Å². The van der Waals surface area contributed by atoms with Crippen molar-refractivity contribution in [3.8, 4) is 67.0 Å². The van der Waals surface area contributed by atoms with E-state index < -0.39 is 0 Å². The van der Waals surface area contributed by atoms with E-state index in [9.17, 15) is 0 Å². The Morgan fingerprint density at radius 3 is 1.50 bits per heavy atom. The number of nitrogens with zero attached hydrogens (tertiary/aromatic N) is 4. The topological polar surface area (TPSA) is 64.7 Å². The Balaban J connectivity index is 1.09. The van der Waals surface area contributed by atoms with Gasteiger partial charge in [0, 0.05) is 39.1 Å². The van der Waals surface area contributed by atoms with E-state index in [0.717, 1.165) is 70.5 Å². The van der Waals surface area contributed by atoms with E-state index in [2.05, 4.69) is 115 Å². The Morgan fingerprint density at radius 1 is 0.385 bits per heavy atom. The Bertz CT molecular complexity index is 2870. The molecule has 0 amide bonds. The van der Waals surface area contributed by atoms with E-state index in [1.165, 1.54) is 11.1 Å². The predicted molar refractivity (Wildman–Crippen MR) is 213 cm³/mol. The normalized spacial score (nSPS) is 11.5. The minimum absolute atomic E-state index is 0.591. The van der Waals surface area contributed by atoms with Gasteiger partial charge in [0.15, 0.2) is 17.5 Å². The monoisotopic (exact) mass is 684 g/mol. The zero-order chi connectivity index (χ0) is 34.4. The summed E-state index contributed by atoms with van der Waals surface area (Å²) >= 11 is 1.69. The number of hydrogen-bond donors (Lipinski definition) is 0. The lowest BCUT2D eigenvalue weighted by molar-refractivity contribution is 0.669. The number of thiazole rings is 1. The van der Waals surface area contributed by atoms with Crippen LogP contribution in [0.4, 0.5) is 0 Å². The SMILES string of the molecule is c1ccc(-c2ccc(-c3nc(-c4ccccc4)nc(-c4cccc5oc6cc7nc(-c8ccc(-c9ccccc9)cc8)sc7cc6c45)n3)cc2)cc1. The van der Waals surface area contributed by atoms with Gasteiger partial charge in [-0.3, -0.25) is 0 Å². The Labute approximate surface area is 303 Å². The molecule has 0 N–H and O–H groups in total. The molecule has 10 rings (SSSR count). The number of rotatable bonds is 6. The lowest BCUT2D eigenvalue weighted by Gasteiger charge is -2.10. The largest absolute Gasteiger partial charge is 0.456 e. The molecule has 0 saturated heterocycles. The molecule has 0 saturated carbocycles. The van der Waals surface area contributed by atoms with Crippen LogP contribution in [0.3, 0.4) is 0 Å². The van der Waals surface area contributed by atoms with Gasteiger partial charge < -0.3 is 4.42 Å². The molecule has 6 heteroatoms. The minimum Gasteiger partial charge on any atom is -0.456 e. The molecule has 0 radical (unpaired) electrons. The third-order valence-electron chi connectivity index (χ3n) is 9.40. The van der Waals surface area contributed by atoms with Crippen LogP contribution in [0.2, 0.25) is 0 Å². The molecule has 3 aromatic heterocycles. The van der Waals surface area contributed by atoms with E-state index in [1.807, 2.05) is 54.6 Å². The lowest BCUT2D eigenvalue weighted by atomic mass is 10.0. The smallest absolute Gasteiger partial charge is 0.164 e. The van der Waals surface area contributed by atoms with E-state index in [4.69, 9.17) is 24.4 Å². The van der Waals surface area contributed by atoms with Crippen LogP contribution in [-0.4, -0.2) is 19.9 Å². The minimum atomic E-state index is 0.591. The van der Waals surface area contributed by atoms with Gasteiger partial charge in [-0.05, 0) is 34.4 Å². The molecule has 10 aromatic rings. The molecule has 0 fully saturated rings. The maximum atomic E-state index is 6.48. The van der Waals surface area contributed by atoms with Gasteiger partial charge in [0.05, 0.1) is 10.2 Å². The second kappa shape index (κ2) is 12.5. The summed E-state index contributed by atoms with van der Waals surface area (Å²) in [6.45, 7) is 0. The molecule has 0 unspecified atom stereocenters. The quantitative estimate of drug-likeness (QED) is 0.174. The van der Waals surface area contributed by atoms with Crippen LogP contribution in [0.1, 0.15) is 0 Å². The van der Waals surface area contributed by atoms with Crippen LogP contribution in [0.25, 0.3) is 99.1 Å². The van der Waals surface area contributed by atoms with Crippen molar-refractivity contribution in [3.05, 3.63) is 170 Å². The van der Waals surface area contributed by atoms with Gasteiger partial charge in [-0.1, -0.05) is 152 Å². The molecule has 244 valence electrons. The molecular formula is C46H28N4OS. The first-order valence-corrected chi connectivity index (χ1v) is 17.9. The predicted octanol–water partition coefficient (Wildman–Crippen LogP) is 12.4. The first-order valence-electron chi connectivity index (χ1n) is 17.1. The van der Waals surface area contributed by atoms with Gasteiger partial charge in [-0.2, -0.15) is 0 Å². The number of aromatic nitrogens is 4. The molecule has 0 atom stereocenters. The summed E-state index contributed by atoms with van der Waals surface area (Å²) in [5.41, 5.74) is 11.0. The summed E-state index contributed by atoms with van der Waals surface area (Å²) in [7, 11) is 0. The first-order chi connectivity index (χ1) is 25.7. The third-order valence-corrected chi connectivity index (χ3v) is 10.5. The number of furan rings is 1. The zero-order valence-electron chi connectivity index (χ0n) is 27.8. The molecule has 0 aliphatic carbocycles. The summed E-state index contributed by atoms with van der Waals surface area (Å²) in [5, 5.41) is 2.94. The maximum Gasteiger partial charge on any atom is 0.164 e. The highest BCUT2D eigenvalue weighted by atomic mass is 32.1. The molecule has 0 bridgehead atoms. The summed E-state index contributed by atoms with van der Waals surface area (Å²) in [6, 6.07) is 58.2. The van der Waals surface area contributed by atoms with E-state index in [1.54, 1.807) is 11.3 Å². The highest BCUT2D eigenvalue weighted by Crippen LogP contribution is 2.41. The number of fused-ring (bicyclic) bond motifs is 4. The molecule has 7 aromatic carbocycles. The lowest BCUT2D eigenvalue weighted by Crippen LogP contribution is -2.00. The van der Waals surface area contributed by atoms with Gasteiger partial charge in [-0.25, -0.2) is 19.9 Å². The molecule has 0 aliphatic rings. The summed E-state index contributed by atoms with van der Waals surface area (Å²) in [5.74, 6) is 1.82. The van der Waals surface area contributed by atoms with Crippen molar-refractivity contribution in [2.24, 2.45) is 0 Å². The standard InChI is InChI=1S/C46H28N4OS/c1-4-11-29(12-5-1)31-19-23-34(24-20-31)44-48-43(33-15-8-3-9-16-33)49-45(50-44)36-17-10-18-39-42(36)37-27-41-38(28-40(37)51-39)47-46(52-41)35-25-21-32(22-26-35)30-13-6-2-7-14-30/h1-28H. The highest BCUT2D eigenvalue weighted by Gasteiger charge is 2.19. The molecular weight excluding hydrogens is 657 g/mol. The number of hydrogen-bond acceptors (Lipinski definition) is 6. The second-order valence-electron chi connectivity index (χ2n) is 12.7. The van der Waals surface area contributed by atoms with Crippen molar-refractivity contribution in [1.29, 1.82) is 0 Å². The molecule has 5 nitrogen and oxygen atoms in total. The Kier molecular flexibility index (Phi) is 7.25. The average Bonchev–Trinajstić information content (AvgIpc) is 3.81. The second-order valence-corrected chi connectivity index (χ2v) is 13.7. The highest BCUT2D eigenvalue weighted by molar-refractivity contribution is 7.21. The molecule has 0 spiro atoms. The van der Waals surface area contributed by atoms with Crippen LogP contribution in [0.5, 0.6) is 0 Å². The van der Waals surface area contributed by atoms with Gasteiger partial charge in [0.1, 0.15) is 16.2 Å². The van der Waals surface area contributed by atoms with E-state index >= 15 is 0 Å². The fourth-order valence-corrected chi connectivity index (χ4v) is 7.77. The fraction of sp³-hybridized carbons (Fsp3) is 0. The average molecular weight is 685 g/mol. The number of benzene rings is 7. The Morgan fingerprint density at radius 2 is 0.885 bits per heavy atom.